The van der Waals surface area contributed by atoms with Gasteiger partial charge in [0.2, 0.25) is 0 Å². The van der Waals surface area contributed by atoms with Gasteiger partial charge in [-0.25, -0.2) is 4.72 Å². The lowest BCUT2D eigenvalue weighted by Crippen LogP contribution is -2.47. The van der Waals surface area contributed by atoms with E-state index >= 15 is 0 Å². The second-order valence-electron chi connectivity index (χ2n) is 3.88. The highest BCUT2D eigenvalue weighted by molar-refractivity contribution is 7.87. The van der Waals surface area contributed by atoms with E-state index < -0.39 is 22.2 Å². The van der Waals surface area contributed by atoms with Crippen LogP contribution in [0.4, 0.5) is 0 Å². The normalized spacial score (nSPS) is 13.1. The van der Waals surface area contributed by atoms with E-state index in [0.29, 0.717) is 5.56 Å². The Morgan fingerprint density at radius 1 is 1.32 bits per heavy atom. The van der Waals surface area contributed by atoms with Gasteiger partial charge in [-0.15, -0.1) is 0 Å². The van der Waals surface area contributed by atoms with Crippen molar-refractivity contribution in [2.75, 3.05) is 6.54 Å². The Morgan fingerprint density at radius 3 is 2.37 bits per heavy atom. The molecule has 0 amide bonds. The Hall–Kier alpha value is -1.64. The predicted molar refractivity (Wildman–Crippen MR) is 69.0 cm³/mol. The fourth-order valence-corrected chi connectivity index (χ4v) is 2.49. The van der Waals surface area contributed by atoms with E-state index in [1.165, 1.54) is 24.3 Å². The zero-order valence-corrected chi connectivity index (χ0v) is 11.1. The van der Waals surface area contributed by atoms with Gasteiger partial charge in [0, 0.05) is 6.54 Å². The molecule has 7 nitrogen and oxygen atoms in total. The Kier molecular flexibility index (Phi) is 5.28. The molecule has 1 rings (SSSR count). The SMILES string of the molecule is CCNS(=O)(=O)NC(Cc1ccc(O)cc1)C(=O)O. The maximum atomic E-state index is 11.5. The standard InChI is InChI=1S/C11H16N2O5S/c1-2-12-19(17,18)13-10(11(15)16)7-8-3-5-9(14)6-4-8/h3-6,10,12-14H,2,7H2,1H3,(H,15,16). The number of nitrogens with one attached hydrogen (secondary N) is 2. The van der Waals surface area contributed by atoms with Crippen LogP contribution in [0.15, 0.2) is 24.3 Å². The van der Waals surface area contributed by atoms with E-state index in [9.17, 15) is 13.2 Å². The van der Waals surface area contributed by atoms with Crippen molar-refractivity contribution in [2.45, 2.75) is 19.4 Å². The molecule has 106 valence electrons. The third kappa shape index (κ3) is 5.25. The van der Waals surface area contributed by atoms with Crippen LogP contribution in [0.1, 0.15) is 12.5 Å². The van der Waals surface area contributed by atoms with Crippen molar-refractivity contribution in [1.82, 2.24) is 9.44 Å². The second kappa shape index (κ2) is 6.50. The summed E-state index contributed by atoms with van der Waals surface area (Å²) in [5.74, 6) is -1.21. The summed E-state index contributed by atoms with van der Waals surface area (Å²) >= 11 is 0. The number of benzene rings is 1. The molecule has 0 aliphatic carbocycles. The number of phenols is 1. The third-order valence-corrected chi connectivity index (χ3v) is 3.57. The molecular weight excluding hydrogens is 272 g/mol. The summed E-state index contributed by atoms with van der Waals surface area (Å²) in [7, 11) is -3.83. The molecule has 19 heavy (non-hydrogen) atoms. The van der Waals surface area contributed by atoms with Gasteiger partial charge in [-0.05, 0) is 24.1 Å². The number of carbonyl (C=O) groups is 1. The van der Waals surface area contributed by atoms with Crippen LogP contribution in [0, 0.1) is 0 Å². The number of aliphatic carboxylic acids is 1. The largest absolute Gasteiger partial charge is 0.508 e. The molecule has 1 atom stereocenters. The van der Waals surface area contributed by atoms with Crippen molar-refractivity contribution < 1.29 is 23.4 Å². The van der Waals surface area contributed by atoms with Crippen LogP contribution in [-0.2, 0) is 21.4 Å². The highest BCUT2D eigenvalue weighted by atomic mass is 32.2. The van der Waals surface area contributed by atoms with Crippen LogP contribution >= 0.6 is 0 Å². The van der Waals surface area contributed by atoms with Crippen molar-refractivity contribution in [3.05, 3.63) is 29.8 Å². The number of carboxylic acid groups (broad SMARTS) is 1. The summed E-state index contributed by atoms with van der Waals surface area (Å²) in [6.07, 6.45) is -0.0137. The molecule has 1 aromatic rings. The van der Waals surface area contributed by atoms with E-state index in [-0.39, 0.29) is 18.7 Å². The first-order valence-corrected chi connectivity index (χ1v) is 7.10. The molecule has 1 aromatic carbocycles. The summed E-state index contributed by atoms with van der Waals surface area (Å²) in [6.45, 7) is 1.76. The molecule has 0 spiro atoms. The van der Waals surface area contributed by atoms with E-state index in [1.807, 2.05) is 0 Å². The maximum absolute atomic E-state index is 11.5. The fraction of sp³-hybridized carbons (Fsp3) is 0.364. The Bertz CT molecular complexity index is 527. The quantitative estimate of drug-likeness (QED) is 0.556. The van der Waals surface area contributed by atoms with Gasteiger partial charge in [-0.3, -0.25) is 4.79 Å². The first-order valence-electron chi connectivity index (χ1n) is 5.61. The van der Waals surface area contributed by atoms with Crippen LogP contribution < -0.4 is 9.44 Å². The summed E-state index contributed by atoms with van der Waals surface area (Å²) in [4.78, 5) is 11.0. The molecule has 8 heteroatoms. The number of phenolic OH excluding ortho intramolecular Hbond substituents is 1. The second-order valence-corrected chi connectivity index (χ2v) is 5.41. The highest BCUT2D eigenvalue weighted by Gasteiger charge is 2.23. The Balaban J connectivity index is 2.79. The van der Waals surface area contributed by atoms with Crippen LogP contribution in [0.5, 0.6) is 5.75 Å². The molecule has 0 saturated carbocycles. The van der Waals surface area contributed by atoms with E-state index in [1.54, 1.807) is 6.92 Å². The van der Waals surface area contributed by atoms with E-state index in [4.69, 9.17) is 10.2 Å². The number of hydrogen-bond donors (Lipinski definition) is 4. The summed E-state index contributed by atoms with van der Waals surface area (Å²) in [5.41, 5.74) is 0.601. The van der Waals surface area contributed by atoms with Gasteiger partial charge in [-0.1, -0.05) is 19.1 Å². The Labute approximate surface area is 111 Å². The Morgan fingerprint density at radius 2 is 1.89 bits per heavy atom. The molecule has 0 heterocycles. The lowest BCUT2D eigenvalue weighted by Gasteiger charge is -2.14. The number of aromatic hydroxyl groups is 1. The zero-order chi connectivity index (χ0) is 14.5. The average Bonchev–Trinajstić information content (AvgIpc) is 2.30. The molecule has 0 aromatic heterocycles. The first kappa shape index (κ1) is 15.4. The topological polar surface area (TPSA) is 116 Å². The summed E-state index contributed by atoms with van der Waals surface area (Å²) in [5, 5.41) is 18.1. The van der Waals surface area contributed by atoms with E-state index in [0.717, 1.165) is 0 Å². The van der Waals surface area contributed by atoms with Crippen molar-refractivity contribution in [3.8, 4) is 5.75 Å². The molecule has 1 unspecified atom stereocenters. The molecule has 0 aliphatic rings. The van der Waals surface area contributed by atoms with Gasteiger partial charge in [0.15, 0.2) is 0 Å². The molecule has 0 fully saturated rings. The zero-order valence-electron chi connectivity index (χ0n) is 10.3. The van der Waals surface area contributed by atoms with Crippen LogP contribution in [0.25, 0.3) is 0 Å². The highest BCUT2D eigenvalue weighted by Crippen LogP contribution is 2.11. The van der Waals surface area contributed by atoms with Crippen LogP contribution in [0.3, 0.4) is 0 Å². The lowest BCUT2D eigenvalue weighted by molar-refractivity contribution is -0.138. The first-order chi connectivity index (χ1) is 8.84. The molecule has 0 radical (unpaired) electrons. The van der Waals surface area contributed by atoms with Gasteiger partial charge in [0.05, 0.1) is 0 Å². The minimum atomic E-state index is -3.83. The van der Waals surface area contributed by atoms with Gasteiger partial charge in [-0.2, -0.15) is 13.1 Å². The van der Waals surface area contributed by atoms with Crippen LogP contribution in [-0.4, -0.2) is 37.2 Å². The smallest absolute Gasteiger partial charge is 0.322 e. The van der Waals surface area contributed by atoms with E-state index in [2.05, 4.69) is 9.44 Å². The van der Waals surface area contributed by atoms with Gasteiger partial charge < -0.3 is 10.2 Å². The number of hydrogen-bond acceptors (Lipinski definition) is 4. The van der Waals surface area contributed by atoms with Crippen molar-refractivity contribution >= 4 is 16.2 Å². The maximum Gasteiger partial charge on any atom is 0.322 e. The summed E-state index contributed by atoms with van der Waals surface area (Å²) < 4.78 is 27.1. The molecule has 0 saturated heterocycles. The minimum absolute atomic E-state index is 0.0137. The monoisotopic (exact) mass is 288 g/mol. The minimum Gasteiger partial charge on any atom is -0.508 e. The van der Waals surface area contributed by atoms with Crippen LogP contribution in [0.2, 0.25) is 0 Å². The van der Waals surface area contributed by atoms with Gasteiger partial charge >= 0.3 is 5.97 Å². The number of carboxylic acids is 1. The average molecular weight is 288 g/mol. The lowest BCUT2D eigenvalue weighted by atomic mass is 10.1. The molecule has 0 bridgehead atoms. The number of rotatable bonds is 7. The third-order valence-electron chi connectivity index (χ3n) is 2.31. The van der Waals surface area contributed by atoms with Crippen molar-refractivity contribution in [3.63, 3.8) is 0 Å². The van der Waals surface area contributed by atoms with Crippen molar-refractivity contribution in [2.24, 2.45) is 0 Å². The van der Waals surface area contributed by atoms with Gasteiger partial charge in [0.1, 0.15) is 11.8 Å². The van der Waals surface area contributed by atoms with Crippen molar-refractivity contribution in [1.29, 1.82) is 0 Å². The summed E-state index contributed by atoms with van der Waals surface area (Å²) in [6, 6.07) is 4.62. The molecular formula is C11H16N2O5S. The van der Waals surface area contributed by atoms with Gasteiger partial charge in [0.25, 0.3) is 10.2 Å². The fourth-order valence-electron chi connectivity index (χ4n) is 1.47. The molecule has 0 aliphatic heterocycles. The molecule has 4 N–H and O–H groups in total. The predicted octanol–water partition coefficient (Wildman–Crippen LogP) is -0.168.